The van der Waals surface area contributed by atoms with Crippen LogP contribution in [0.4, 0.5) is 0 Å². The van der Waals surface area contributed by atoms with Crippen molar-refractivity contribution in [3.63, 3.8) is 0 Å². The largest absolute Gasteiger partial charge is 0.381 e. The van der Waals surface area contributed by atoms with Gasteiger partial charge in [0, 0.05) is 65.6 Å². The molecule has 1 N–H and O–H groups in total. The van der Waals surface area contributed by atoms with Gasteiger partial charge in [-0.2, -0.15) is 0 Å². The predicted octanol–water partition coefficient (Wildman–Crippen LogP) is 3.53. The average molecular weight is 530 g/mol. The van der Waals surface area contributed by atoms with Crippen molar-refractivity contribution in [2.75, 3.05) is 59.6 Å². The van der Waals surface area contributed by atoms with Gasteiger partial charge in [0.15, 0.2) is 5.96 Å². The van der Waals surface area contributed by atoms with Gasteiger partial charge < -0.3 is 19.7 Å². The van der Waals surface area contributed by atoms with Crippen LogP contribution < -0.4 is 5.32 Å². The van der Waals surface area contributed by atoms with Crippen LogP contribution in [-0.4, -0.2) is 81.5 Å². The number of halogens is 1. The summed E-state index contributed by atoms with van der Waals surface area (Å²) < 4.78 is 11.3. The van der Waals surface area contributed by atoms with Crippen LogP contribution in [0.5, 0.6) is 0 Å². The number of guanidine groups is 1. The first-order valence-corrected chi connectivity index (χ1v) is 11.3. The molecule has 0 saturated carbocycles. The van der Waals surface area contributed by atoms with Crippen LogP contribution in [0.25, 0.3) is 0 Å². The Kier molecular flexibility index (Phi) is 12.0. The van der Waals surface area contributed by atoms with Gasteiger partial charge >= 0.3 is 0 Å². The molecule has 0 aliphatic carbocycles. The Morgan fingerprint density at radius 3 is 2.50 bits per heavy atom. The Hall–Kier alpha value is -0.900. The lowest BCUT2D eigenvalue weighted by Crippen LogP contribution is -2.53. The molecule has 0 amide bonds. The van der Waals surface area contributed by atoms with Gasteiger partial charge in [0.2, 0.25) is 0 Å². The highest BCUT2D eigenvalue weighted by Crippen LogP contribution is 2.25. The zero-order chi connectivity index (χ0) is 20.3. The topological polar surface area (TPSA) is 49.3 Å². The van der Waals surface area contributed by atoms with E-state index in [0.29, 0.717) is 12.1 Å². The lowest BCUT2D eigenvalue weighted by atomic mass is 10.0. The van der Waals surface area contributed by atoms with Crippen LogP contribution in [0.2, 0.25) is 0 Å². The summed E-state index contributed by atoms with van der Waals surface area (Å²) in [6.45, 7) is 9.84. The van der Waals surface area contributed by atoms with Gasteiger partial charge in [-0.15, -0.1) is 24.0 Å². The van der Waals surface area contributed by atoms with Crippen molar-refractivity contribution in [3.05, 3.63) is 35.9 Å². The molecule has 2 saturated heterocycles. The monoisotopic (exact) mass is 530 g/mol. The van der Waals surface area contributed by atoms with Crippen molar-refractivity contribution in [2.24, 2.45) is 4.99 Å². The third kappa shape index (κ3) is 7.66. The van der Waals surface area contributed by atoms with Crippen LogP contribution in [0, 0.1) is 0 Å². The number of benzene rings is 1. The van der Waals surface area contributed by atoms with Gasteiger partial charge in [-0.3, -0.25) is 9.89 Å². The van der Waals surface area contributed by atoms with Crippen LogP contribution in [-0.2, 0) is 9.47 Å². The van der Waals surface area contributed by atoms with Crippen LogP contribution in [0.15, 0.2) is 35.3 Å². The van der Waals surface area contributed by atoms with Gasteiger partial charge in [-0.25, -0.2) is 0 Å². The Bertz CT molecular complexity index is 602. The number of aliphatic imine (C=N–C) groups is 1. The molecular formula is C23H39IN4O2. The third-order valence-electron chi connectivity index (χ3n) is 5.96. The second-order valence-electron chi connectivity index (χ2n) is 7.87. The summed E-state index contributed by atoms with van der Waals surface area (Å²) >= 11 is 0. The highest BCUT2D eigenvalue weighted by molar-refractivity contribution is 14.0. The van der Waals surface area contributed by atoms with E-state index in [2.05, 4.69) is 57.4 Å². The molecule has 2 fully saturated rings. The first kappa shape index (κ1) is 25.4. The molecule has 3 rings (SSSR count). The van der Waals surface area contributed by atoms with E-state index >= 15 is 0 Å². The molecule has 0 bridgehead atoms. The summed E-state index contributed by atoms with van der Waals surface area (Å²) in [5.41, 5.74) is 1.43. The van der Waals surface area contributed by atoms with Crippen molar-refractivity contribution in [1.82, 2.24) is 15.1 Å². The van der Waals surface area contributed by atoms with E-state index in [-0.39, 0.29) is 24.0 Å². The molecular weight excluding hydrogens is 491 g/mol. The molecule has 7 heteroatoms. The molecule has 1 unspecified atom stereocenters. The highest BCUT2D eigenvalue weighted by atomic mass is 127. The Morgan fingerprint density at radius 1 is 1.17 bits per heavy atom. The summed E-state index contributed by atoms with van der Waals surface area (Å²) in [5.74, 6) is 1.02. The number of hydrogen-bond donors (Lipinski definition) is 1. The Balaban J connectivity index is 0.00000320. The lowest BCUT2D eigenvalue weighted by molar-refractivity contribution is -0.0320. The number of nitrogens with one attached hydrogen (secondary N) is 1. The lowest BCUT2D eigenvalue weighted by Gasteiger charge is -2.40. The maximum absolute atomic E-state index is 5.96. The standard InChI is InChI=1S/C23H38N4O2.HI/c1-3-22(20-8-5-4-6-9-20)26-13-15-27(16-14-26)23(24-2)25-12-7-17-29-21-10-18-28-19-11-21;/h4-6,8-9,21-22H,3,7,10-19H2,1-2H3,(H,24,25);1H. The number of piperazine rings is 1. The zero-order valence-electron chi connectivity index (χ0n) is 18.6. The molecule has 0 radical (unpaired) electrons. The van der Waals surface area contributed by atoms with E-state index in [9.17, 15) is 0 Å². The highest BCUT2D eigenvalue weighted by Gasteiger charge is 2.25. The molecule has 1 aromatic rings. The van der Waals surface area contributed by atoms with Crippen molar-refractivity contribution < 1.29 is 9.47 Å². The molecule has 30 heavy (non-hydrogen) atoms. The van der Waals surface area contributed by atoms with E-state index in [0.717, 1.165) is 84.2 Å². The summed E-state index contributed by atoms with van der Waals surface area (Å²) in [4.78, 5) is 9.50. The second kappa shape index (κ2) is 14.2. The number of hydrogen-bond acceptors (Lipinski definition) is 4. The summed E-state index contributed by atoms with van der Waals surface area (Å²) in [7, 11) is 1.88. The molecule has 1 aromatic carbocycles. The van der Waals surface area contributed by atoms with Crippen molar-refractivity contribution >= 4 is 29.9 Å². The quantitative estimate of drug-likeness (QED) is 0.241. The Labute approximate surface area is 199 Å². The zero-order valence-corrected chi connectivity index (χ0v) is 20.9. The van der Waals surface area contributed by atoms with Crippen LogP contribution in [0.1, 0.15) is 44.2 Å². The molecule has 0 spiro atoms. The molecule has 2 aliphatic heterocycles. The van der Waals surface area contributed by atoms with Crippen molar-refractivity contribution in [1.29, 1.82) is 0 Å². The van der Waals surface area contributed by atoms with Gasteiger partial charge in [-0.1, -0.05) is 37.3 Å². The Morgan fingerprint density at radius 2 is 1.87 bits per heavy atom. The fraction of sp³-hybridized carbons (Fsp3) is 0.696. The molecule has 170 valence electrons. The number of rotatable bonds is 8. The minimum absolute atomic E-state index is 0. The smallest absolute Gasteiger partial charge is 0.193 e. The van der Waals surface area contributed by atoms with E-state index in [1.54, 1.807) is 0 Å². The number of ether oxygens (including phenoxy) is 2. The molecule has 1 atom stereocenters. The maximum atomic E-state index is 5.96. The van der Waals surface area contributed by atoms with E-state index in [1.165, 1.54) is 5.56 Å². The van der Waals surface area contributed by atoms with Gasteiger partial charge in [0.1, 0.15) is 0 Å². The van der Waals surface area contributed by atoms with Crippen LogP contribution in [0.3, 0.4) is 0 Å². The number of nitrogens with zero attached hydrogens (tertiary/aromatic N) is 3. The van der Waals surface area contributed by atoms with E-state index in [4.69, 9.17) is 9.47 Å². The van der Waals surface area contributed by atoms with E-state index in [1.807, 2.05) is 7.05 Å². The predicted molar refractivity (Wildman–Crippen MR) is 134 cm³/mol. The summed E-state index contributed by atoms with van der Waals surface area (Å²) in [5, 5.41) is 3.52. The minimum Gasteiger partial charge on any atom is -0.381 e. The second-order valence-corrected chi connectivity index (χ2v) is 7.87. The average Bonchev–Trinajstić information content (AvgIpc) is 2.79. The normalized spacial score (nSPS) is 19.9. The van der Waals surface area contributed by atoms with Gasteiger partial charge in [-0.05, 0) is 31.2 Å². The minimum atomic E-state index is 0. The molecule has 2 heterocycles. The first-order valence-electron chi connectivity index (χ1n) is 11.3. The van der Waals surface area contributed by atoms with Crippen LogP contribution >= 0.6 is 24.0 Å². The third-order valence-corrected chi connectivity index (χ3v) is 5.96. The summed E-state index contributed by atoms with van der Waals surface area (Å²) in [6, 6.07) is 11.4. The fourth-order valence-electron chi connectivity index (χ4n) is 4.32. The first-order chi connectivity index (χ1) is 14.3. The molecule has 0 aromatic heterocycles. The molecule has 6 nitrogen and oxygen atoms in total. The fourth-order valence-corrected chi connectivity index (χ4v) is 4.32. The van der Waals surface area contributed by atoms with Crippen molar-refractivity contribution in [2.45, 2.75) is 44.8 Å². The van der Waals surface area contributed by atoms with Gasteiger partial charge in [0.25, 0.3) is 0 Å². The maximum Gasteiger partial charge on any atom is 0.193 e. The van der Waals surface area contributed by atoms with E-state index < -0.39 is 0 Å². The molecule has 2 aliphatic rings. The van der Waals surface area contributed by atoms with Crippen molar-refractivity contribution in [3.8, 4) is 0 Å². The SMILES string of the molecule is CCC(c1ccccc1)N1CCN(C(=NC)NCCCOC2CCOCC2)CC1.I. The summed E-state index contributed by atoms with van der Waals surface area (Å²) in [6.07, 6.45) is 4.58. The van der Waals surface area contributed by atoms with Gasteiger partial charge in [0.05, 0.1) is 6.10 Å².